The number of hydrogen-bond acceptors (Lipinski definition) is 4. The van der Waals surface area contributed by atoms with Crippen LogP contribution in [0.25, 0.3) is 5.57 Å². The lowest BCUT2D eigenvalue weighted by Crippen LogP contribution is -2.22. The van der Waals surface area contributed by atoms with E-state index in [9.17, 15) is 4.79 Å². The molecule has 1 heterocycles. The minimum absolute atomic E-state index is 0.251. The van der Waals surface area contributed by atoms with Gasteiger partial charge in [-0.2, -0.15) is 0 Å². The lowest BCUT2D eigenvalue weighted by Gasteiger charge is -2.19. The number of ether oxygens (including phenoxy) is 2. The van der Waals surface area contributed by atoms with Crippen molar-refractivity contribution in [1.82, 2.24) is 0 Å². The summed E-state index contributed by atoms with van der Waals surface area (Å²) in [6.45, 7) is 0. The predicted octanol–water partition coefficient (Wildman–Crippen LogP) is 5.43. The lowest BCUT2D eigenvalue weighted by molar-refractivity contribution is -0.112. The summed E-state index contributed by atoms with van der Waals surface area (Å²) in [5, 5.41) is 4.40. The number of nitrogens with one attached hydrogen (secondary N) is 1. The first kappa shape index (κ1) is 22.7. The molecule has 5 nitrogen and oxygen atoms in total. The molecule has 174 valence electrons. The van der Waals surface area contributed by atoms with Crippen LogP contribution in [0.1, 0.15) is 11.1 Å². The number of anilines is 1. The molecule has 4 aromatic rings. The first-order valence-corrected chi connectivity index (χ1v) is 12.9. The first-order chi connectivity index (χ1) is 17.1. The van der Waals surface area contributed by atoms with Crippen molar-refractivity contribution >= 4 is 34.9 Å². The smallest absolute Gasteiger partial charge is 0.260 e. The SMILES string of the molecule is COc1ccc([P@@]2(=O)C(C(=O)Nc3ccccc3)=C(c3ccccc3)c3cc(OC)ccc32)cc1. The summed E-state index contributed by atoms with van der Waals surface area (Å²) in [5.41, 5.74) is 2.82. The fourth-order valence-corrected chi connectivity index (χ4v) is 7.50. The Morgan fingerprint density at radius 3 is 1.97 bits per heavy atom. The lowest BCUT2D eigenvalue weighted by atomic mass is 9.97. The zero-order valence-corrected chi connectivity index (χ0v) is 20.3. The molecule has 5 rings (SSSR count). The van der Waals surface area contributed by atoms with Gasteiger partial charge in [0.1, 0.15) is 11.5 Å². The number of carbonyl (C=O) groups excluding carboxylic acids is 1. The van der Waals surface area contributed by atoms with Gasteiger partial charge in [0.2, 0.25) is 0 Å². The van der Waals surface area contributed by atoms with Gasteiger partial charge in [-0.25, -0.2) is 0 Å². The molecule has 1 aliphatic rings. The normalized spacial score (nSPS) is 16.5. The fourth-order valence-electron chi connectivity index (χ4n) is 4.45. The van der Waals surface area contributed by atoms with E-state index in [1.54, 1.807) is 44.6 Å². The Morgan fingerprint density at radius 2 is 1.34 bits per heavy atom. The molecule has 0 radical (unpaired) electrons. The highest BCUT2D eigenvalue weighted by Gasteiger charge is 2.46. The largest absolute Gasteiger partial charge is 0.497 e. The van der Waals surface area contributed by atoms with Crippen molar-refractivity contribution in [2.75, 3.05) is 19.5 Å². The van der Waals surface area contributed by atoms with E-state index < -0.39 is 13.0 Å². The van der Waals surface area contributed by atoms with E-state index in [0.29, 0.717) is 33.4 Å². The summed E-state index contributed by atoms with van der Waals surface area (Å²) < 4.78 is 26.0. The number of hydrogen-bond donors (Lipinski definition) is 1. The second-order valence-corrected chi connectivity index (χ2v) is 10.8. The molecule has 0 unspecified atom stereocenters. The van der Waals surface area contributed by atoms with Crippen LogP contribution in [0.4, 0.5) is 5.69 Å². The zero-order valence-electron chi connectivity index (χ0n) is 19.4. The van der Waals surface area contributed by atoms with Crippen LogP contribution in [0.5, 0.6) is 11.5 Å². The molecule has 0 saturated carbocycles. The van der Waals surface area contributed by atoms with Crippen molar-refractivity contribution in [1.29, 1.82) is 0 Å². The van der Waals surface area contributed by atoms with Crippen LogP contribution in [-0.4, -0.2) is 20.1 Å². The first-order valence-electron chi connectivity index (χ1n) is 11.2. The average molecular weight is 481 g/mol. The molecule has 1 aliphatic heterocycles. The molecule has 0 bridgehead atoms. The van der Waals surface area contributed by atoms with Gasteiger partial charge in [0, 0.05) is 21.9 Å². The van der Waals surface area contributed by atoms with Crippen molar-refractivity contribution in [3.05, 3.63) is 120 Å². The highest BCUT2D eigenvalue weighted by Crippen LogP contribution is 2.61. The Kier molecular flexibility index (Phi) is 6.02. The topological polar surface area (TPSA) is 64.6 Å². The van der Waals surface area contributed by atoms with E-state index in [-0.39, 0.29) is 5.31 Å². The monoisotopic (exact) mass is 481 g/mol. The molecule has 0 fully saturated rings. The van der Waals surface area contributed by atoms with E-state index in [4.69, 9.17) is 9.47 Å². The highest BCUT2D eigenvalue weighted by atomic mass is 31.2. The van der Waals surface area contributed by atoms with E-state index in [1.807, 2.05) is 72.8 Å². The van der Waals surface area contributed by atoms with E-state index in [1.165, 1.54) is 0 Å². The highest BCUT2D eigenvalue weighted by molar-refractivity contribution is 7.84. The molecule has 4 aromatic carbocycles. The number of methoxy groups -OCH3 is 2. The number of benzene rings is 4. The summed E-state index contributed by atoms with van der Waals surface area (Å²) in [5.74, 6) is 0.879. The van der Waals surface area contributed by atoms with E-state index >= 15 is 4.57 Å². The van der Waals surface area contributed by atoms with E-state index in [0.717, 1.165) is 11.1 Å². The minimum atomic E-state index is -3.54. The molecule has 1 N–H and O–H groups in total. The summed E-state index contributed by atoms with van der Waals surface area (Å²) >= 11 is 0. The third-order valence-electron chi connectivity index (χ3n) is 6.11. The van der Waals surface area contributed by atoms with Crippen LogP contribution in [-0.2, 0) is 9.36 Å². The van der Waals surface area contributed by atoms with Crippen LogP contribution in [0.2, 0.25) is 0 Å². The van der Waals surface area contributed by atoms with Gasteiger partial charge in [0.15, 0.2) is 7.14 Å². The maximum absolute atomic E-state index is 15.2. The maximum Gasteiger partial charge on any atom is 0.260 e. The summed E-state index contributed by atoms with van der Waals surface area (Å²) in [7, 11) is -0.366. The predicted molar refractivity (Wildman–Crippen MR) is 140 cm³/mol. The number of rotatable bonds is 6. The van der Waals surface area contributed by atoms with Gasteiger partial charge >= 0.3 is 0 Å². The van der Waals surface area contributed by atoms with Crippen molar-refractivity contribution in [2.24, 2.45) is 0 Å². The Balaban J connectivity index is 1.80. The maximum atomic E-state index is 15.2. The van der Waals surface area contributed by atoms with Crippen molar-refractivity contribution in [3.63, 3.8) is 0 Å². The Labute approximate surface area is 204 Å². The molecule has 1 atom stereocenters. The Hall–Kier alpha value is -4.08. The second kappa shape index (κ2) is 9.28. The Morgan fingerprint density at radius 1 is 0.743 bits per heavy atom. The number of fused-ring (bicyclic) bond motifs is 1. The van der Waals surface area contributed by atoms with Crippen LogP contribution < -0.4 is 25.4 Å². The van der Waals surface area contributed by atoms with E-state index in [2.05, 4.69) is 5.32 Å². The molecular formula is C29H24NO4P. The van der Waals surface area contributed by atoms with Gasteiger partial charge in [-0.3, -0.25) is 4.79 Å². The van der Waals surface area contributed by atoms with Gasteiger partial charge in [-0.15, -0.1) is 0 Å². The zero-order chi connectivity index (χ0) is 24.4. The summed E-state index contributed by atoms with van der Waals surface area (Å²) in [4.78, 5) is 13.9. The molecule has 0 aromatic heterocycles. The van der Waals surface area contributed by atoms with Gasteiger partial charge in [0.25, 0.3) is 5.91 Å². The summed E-state index contributed by atoms with van der Waals surface area (Å²) in [6.07, 6.45) is 0. The van der Waals surface area contributed by atoms with Gasteiger partial charge in [-0.1, -0.05) is 48.5 Å². The van der Waals surface area contributed by atoms with Gasteiger partial charge in [-0.05, 0) is 65.7 Å². The summed E-state index contributed by atoms with van der Waals surface area (Å²) in [6, 6.07) is 31.3. The molecular weight excluding hydrogens is 457 g/mol. The Bertz CT molecular complexity index is 1460. The third-order valence-corrected chi connectivity index (χ3v) is 9.26. The van der Waals surface area contributed by atoms with Crippen LogP contribution in [0, 0.1) is 0 Å². The molecule has 0 saturated heterocycles. The number of amides is 1. The molecule has 6 heteroatoms. The van der Waals surface area contributed by atoms with Crippen molar-refractivity contribution in [2.45, 2.75) is 0 Å². The van der Waals surface area contributed by atoms with Crippen LogP contribution in [0.15, 0.2) is 108 Å². The molecule has 35 heavy (non-hydrogen) atoms. The fraction of sp³-hybridized carbons (Fsp3) is 0.0690. The quantitative estimate of drug-likeness (QED) is 0.373. The number of carbonyl (C=O) groups is 1. The number of para-hydroxylation sites is 1. The van der Waals surface area contributed by atoms with Crippen LogP contribution in [0.3, 0.4) is 0 Å². The van der Waals surface area contributed by atoms with Gasteiger partial charge in [0.05, 0.1) is 19.5 Å². The minimum Gasteiger partial charge on any atom is -0.497 e. The van der Waals surface area contributed by atoms with Crippen LogP contribution >= 0.6 is 7.14 Å². The second-order valence-electron chi connectivity index (χ2n) is 8.10. The van der Waals surface area contributed by atoms with Gasteiger partial charge < -0.3 is 19.4 Å². The molecule has 1 amide bonds. The third kappa shape index (κ3) is 3.94. The van der Waals surface area contributed by atoms with Crippen molar-refractivity contribution < 1.29 is 18.8 Å². The standard InChI is InChI=1S/C29H24NO4P/c1-33-22-13-16-24(17-14-22)35(32)26-18-15-23(34-2)19-25(26)27(20-9-5-3-6-10-20)28(35)29(31)30-21-11-7-4-8-12-21/h3-19H,1-2H3,(H,30,31)/t35-/m0/s1. The van der Waals surface area contributed by atoms with Crippen molar-refractivity contribution in [3.8, 4) is 11.5 Å². The molecule has 0 spiro atoms. The molecule has 0 aliphatic carbocycles. The average Bonchev–Trinajstić information content (AvgIpc) is 3.18.